The van der Waals surface area contributed by atoms with Crippen LogP contribution in [0.15, 0.2) is 18.2 Å². The molecular formula is C21H32O3. The Morgan fingerprint density at radius 1 is 1.12 bits per heavy atom. The Kier molecular flexibility index (Phi) is 4.94. The molecule has 0 aliphatic heterocycles. The molecule has 134 valence electrons. The molecule has 0 amide bonds. The molecule has 1 aromatic rings. The molecule has 0 radical (unpaired) electrons. The van der Waals surface area contributed by atoms with Gasteiger partial charge in [-0.1, -0.05) is 26.8 Å². The van der Waals surface area contributed by atoms with Crippen molar-refractivity contribution in [3.63, 3.8) is 0 Å². The highest BCUT2D eigenvalue weighted by Gasteiger charge is 2.55. The predicted octanol–water partition coefficient (Wildman–Crippen LogP) is 4.17. The molecule has 0 saturated heterocycles. The Hall–Kier alpha value is -1.06. The molecule has 6 atom stereocenters. The zero-order valence-electron chi connectivity index (χ0n) is 15.2. The van der Waals surface area contributed by atoms with Crippen molar-refractivity contribution in [3.8, 4) is 5.75 Å². The lowest BCUT2D eigenvalue weighted by molar-refractivity contribution is -0.0265. The fourth-order valence-electron chi connectivity index (χ4n) is 5.86. The summed E-state index contributed by atoms with van der Waals surface area (Å²) in [5.41, 5.74) is 2.54. The van der Waals surface area contributed by atoms with E-state index in [1.54, 1.807) is 6.07 Å². The van der Waals surface area contributed by atoms with Crippen molar-refractivity contribution in [1.29, 1.82) is 0 Å². The lowest BCUT2D eigenvalue weighted by atomic mass is 9.54. The number of hydrogen-bond acceptors (Lipinski definition) is 3. The van der Waals surface area contributed by atoms with Crippen molar-refractivity contribution in [3.05, 3.63) is 29.3 Å². The van der Waals surface area contributed by atoms with Crippen LogP contribution < -0.4 is 0 Å². The van der Waals surface area contributed by atoms with E-state index in [2.05, 4.69) is 13.0 Å². The van der Waals surface area contributed by atoms with Crippen molar-refractivity contribution < 1.29 is 15.3 Å². The average molecular weight is 332 g/mol. The first-order valence-corrected chi connectivity index (χ1v) is 9.66. The minimum atomic E-state index is -0.160. The van der Waals surface area contributed by atoms with Gasteiger partial charge in [0, 0.05) is 12.5 Å². The fourth-order valence-corrected chi connectivity index (χ4v) is 5.86. The number of fused-ring (bicyclic) bond motifs is 5. The smallest absolute Gasteiger partial charge is 0.115 e. The first-order valence-electron chi connectivity index (χ1n) is 9.66. The summed E-state index contributed by atoms with van der Waals surface area (Å²) in [6.45, 7) is 6.41. The van der Waals surface area contributed by atoms with E-state index < -0.39 is 0 Å². The Morgan fingerprint density at radius 2 is 1.88 bits per heavy atom. The largest absolute Gasteiger partial charge is 0.508 e. The molecule has 3 aliphatic rings. The molecule has 4 rings (SSSR count). The van der Waals surface area contributed by atoms with Crippen molar-refractivity contribution in [1.82, 2.24) is 0 Å². The highest BCUT2D eigenvalue weighted by atomic mass is 16.3. The number of phenolic OH excluding ortho intramolecular Hbond substituents is 1. The maximum Gasteiger partial charge on any atom is 0.115 e. The van der Waals surface area contributed by atoms with Crippen LogP contribution in [0.3, 0.4) is 0 Å². The lowest BCUT2D eigenvalue weighted by Gasteiger charge is -2.51. The SMILES string of the molecule is CC.CC12CCC3c4ccc(O)cc4C(CO)CC3C1CCC2O. The van der Waals surface area contributed by atoms with Crippen LogP contribution in [0, 0.1) is 17.3 Å². The van der Waals surface area contributed by atoms with Crippen LogP contribution in [-0.2, 0) is 0 Å². The highest BCUT2D eigenvalue weighted by molar-refractivity contribution is 5.42. The van der Waals surface area contributed by atoms with Gasteiger partial charge in [-0.3, -0.25) is 0 Å². The van der Waals surface area contributed by atoms with E-state index in [0.29, 0.717) is 23.5 Å². The van der Waals surface area contributed by atoms with Crippen LogP contribution in [0.1, 0.15) is 75.8 Å². The first-order chi connectivity index (χ1) is 11.5. The molecule has 2 saturated carbocycles. The van der Waals surface area contributed by atoms with Crippen LogP contribution in [-0.4, -0.2) is 28.0 Å². The average Bonchev–Trinajstić information content (AvgIpc) is 2.91. The second kappa shape index (κ2) is 6.68. The molecule has 0 spiro atoms. The number of phenols is 1. The number of aromatic hydroxyl groups is 1. The molecule has 2 fully saturated rings. The maximum atomic E-state index is 10.4. The number of aliphatic hydroxyl groups is 2. The van der Waals surface area contributed by atoms with Gasteiger partial charge in [-0.15, -0.1) is 0 Å². The second-order valence-electron chi connectivity index (χ2n) is 7.94. The summed E-state index contributed by atoms with van der Waals surface area (Å²) >= 11 is 0. The van der Waals surface area contributed by atoms with Crippen LogP contribution in [0.2, 0.25) is 0 Å². The summed E-state index contributed by atoms with van der Waals surface area (Å²) in [6.07, 6.45) is 5.08. The number of rotatable bonds is 1. The molecular weight excluding hydrogens is 300 g/mol. The second-order valence-corrected chi connectivity index (χ2v) is 7.94. The van der Waals surface area contributed by atoms with E-state index >= 15 is 0 Å². The monoisotopic (exact) mass is 332 g/mol. The molecule has 1 aromatic carbocycles. The van der Waals surface area contributed by atoms with E-state index in [1.165, 1.54) is 5.56 Å². The van der Waals surface area contributed by atoms with Crippen molar-refractivity contribution in [2.75, 3.05) is 6.61 Å². The quantitative estimate of drug-likeness (QED) is 0.723. The van der Waals surface area contributed by atoms with Gasteiger partial charge >= 0.3 is 0 Å². The van der Waals surface area contributed by atoms with Gasteiger partial charge in [0.1, 0.15) is 5.75 Å². The summed E-state index contributed by atoms with van der Waals surface area (Å²) < 4.78 is 0. The Bertz CT molecular complexity index is 584. The predicted molar refractivity (Wildman–Crippen MR) is 96.2 cm³/mol. The zero-order valence-corrected chi connectivity index (χ0v) is 15.2. The standard InChI is InChI=1S/C19H26O3.C2H6/c1-19-7-6-14-13-3-2-12(21)9-15(13)11(10-20)8-16(14)17(19)4-5-18(19)22;1-2/h2-3,9,11,14,16-18,20-22H,4-8,10H2,1H3;1-2H3. The molecule has 6 unspecified atom stereocenters. The van der Waals surface area contributed by atoms with Crippen molar-refractivity contribution in [2.24, 2.45) is 17.3 Å². The normalized spacial score (nSPS) is 40.0. The van der Waals surface area contributed by atoms with E-state index in [9.17, 15) is 15.3 Å². The highest BCUT2D eigenvalue weighted by Crippen LogP contribution is 2.62. The maximum absolute atomic E-state index is 10.4. The lowest BCUT2D eigenvalue weighted by Crippen LogP contribution is -2.44. The van der Waals surface area contributed by atoms with Crippen LogP contribution in [0.4, 0.5) is 0 Å². The van der Waals surface area contributed by atoms with Gasteiger partial charge < -0.3 is 15.3 Å². The molecule has 3 nitrogen and oxygen atoms in total. The minimum Gasteiger partial charge on any atom is -0.508 e. The molecule has 3 N–H and O–H groups in total. The van der Waals surface area contributed by atoms with Crippen LogP contribution >= 0.6 is 0 Å². The molecule has 0 heterocycles. The number of benzene rings is 1. The minimum absolute atomic E-state index is 0.0651. The first kappa shape index (κ1) is 17.8. The van der Waals surface area contributed by atoms with Crippen LogP contribution in [0.5, 0.6) is 5.75 Å². The van der Waals surface area contributed by atoms with Crippen molar-refractivity contribution >= 4 is 0 Å². The van der Waals surface area contributed by atoms with Gasteiger partial charge in [-0.2, -0.15) is 0 Å². The Balaban J connectivity index is 0.000000815. The van der Waals surface area contributed by atoms with E-state index in [4.69, 9.17) is 0 Å². The Labute approximate surface area is 145 Å². The summed E-state index contributed by atoms with van der Waals surface area (Å²) in [7, 11) is 0. The summed E-state index contributed by atoms with van der Waals surface area (Å²) in [5, 5.41) is 30.1. The van der Waals surface area contributed by atoms with Gasteiger partial charge in [-0.25, -0.2) is 0 Å². The molecule has 3 heteroatoms. The molecule has 0 aromatic heterocycles. The number of aliphatic hydroxyl groups excluding tert-OH is 2. The summed E-state index contributed by atoms with van der Waals surface area (Å²) in [6, 6.07) is 5.70. The number of hydrogen-bond donors (Lipinski definition) is 3. The van der Waals surface area contributed by atoms with Crippen molar-refractivity contribution in [2.45, 2.75) is 70.8 Å². The van der Waals surface area contributed by atoms with Gasteiger partial charge in [0.25, 0.3) is 0 Å². The molecule has 24 heavy (non-hydrogen) atoms. The van der Waals surface area contributed by atoms with Gasteiger partial charge in [-0.05, 0) is 78.5 Å². The topological polar surface area (TPSA) is 60.7 Å². The Morgan fingerprint density at radius 3 is 2.58 bits per heavy atom. The summed E-state index contributed by atoms with van der Waals surface area (Å²) in [5.74, 6) is 2.08. The van der Waals surface area contributed by atoms with Gasteiger partial charge in [0.05, 0.1) is 6.10 Å². The third-order valence-electron chi connectivity index (χ3n) is 7.07. The van der Waals surface area contributed by atoms with E-state index in [0.717, 1.165) is 37.7 Å². The van der Waals surface area contributed by atoms with E-state index in [1.807, 2.05) is 19.9 Å². The van der Waals surface area contributed by atoms with Gasteiger partial charge in [0.2, 0.25) is 0 Å². The third-order valence-corrected chi connectivity index (χ3v) is 7.07. The molecule has 3 aliphatic carbocycles. The third kappa shape index (κ3) is 2.57. The zero-order chi connectivity index (χ0) is 17.5. The molecule has 0 bridgehead atoms. The summed E-state index contributed by atoms with van der Waals surface area (Å²) in [4.78, 5) is 0. The van der Waals surface area contributed by atoms with E-state index in [-0.39, 0.29) is 24.0 Å². The van der Waals surface area contributed by atoms with Gasteiger partial charge in [0.15, 0.2) is 0 Å². The van der Waals surface area contributed by atoms with Crippen LogP contribution in [0.25, 0.3) is 0 Å². The fraction of sp³-hybridized carbons (Fsp3) is 0.714.